The smallest absolute Gasteiger partial charge is 0.419 e. The molecule has 1 aromatic heterocycles. The van der Waals surface area contributed by atoms with Crippen LogP contribution in [-0.4, -0.2) is 70.3 Å². The van der Waals surface area contributed by atoms with Crippen molar-refractivity contribution >= 4 is 18.2 Å². The molecule has 1 rings (SSSR count). The molecule has 0 aliphatic rings. The average Bonchev–Trinajstić information content (AvgIpc) is 3.04. The van der Waals surface area contributed by atoms with Crippen LogP contribution in [0, 0.1) is 0 Å². The van der Waals surface area contributed by atoms with E-state index in [1.54, 1.807) is 41.5 Å². The maximum Gasteiger partial charge on any atom is 0.419 e. The number of carbonyl (C=O) groups excluding carboxylic acids is 3. The van der Waals surface area contributed by atoms with Crippen LogP contribution in [0.5, 0.6) is 0 Å². The predicted molar refractivity (Wildman–Crippen MR) is 108 cm³/mol. The lowest BCUT2D eigenvalue weighted by Gasteiger charge is -2.38. The highest BCUT2D eigenvalue weighted by Crippen LogP contribution is 2.25. The van der Waals surface area contributed by atoms with Crippen molar-refractivity contribution in [2.24, 2.45) is 0 Å². The number of ether oxygens (including phenoxy) is 4. The zero-order chi connectivity index (χ0) is 23.3. The number of methoxy groups -OCH3 is 2. The van der Waals surface area contributed by atoms with E-state index in [1.165, 1.54) is 38.2 Å². The Labute approximate surface area is 177 Å². The topological polar surface area (TPSA) is 109 Å². The van der Waals surface area contributed by atoms with E-state index in [0.717, 1.165) is 4.90 Å². The van der Waals surface area contributed by atoms with Gasteiger partial charge >= 0.3 is 18.2 Å². The maximum absolute atomic E-state index is 12.8. The second-order valence-electron chi connectivity index (χ2n) is 9.02. The molecule has 0 saturated heterocycles. The van der Waals surface area contributed by atoms with E-state index >= 15 is 0 Å². The number of rotatable bonds is 6. The van der Waals surface area contributed by atoms with Crippen molar-refractivity contribution in [3.05, 3.63) is 18.2 Å². The highest BCUT2D eigenvalue weighted by molar-refractivity contribution is 5.85. The van der Waals surface area contributed by atoms with Gasteiger partial charge in [-0.15, -0.1) is 0 Å². The number of hydrogen-bond donors (Lipinski definition) is 0. The summed E-state index contributed by atoms with van der Waals surface area (Å²) in [6.45, 7) is 11.7. The van der Waals surface area contributed by atoms with E-state index in [9.17, 15) is 14.4 Å². The minimum Gasteiger partial charge on any atom is -0.467 e. The molecule has 0 N–H and O–H groups in total. The predicted octanol–water partition coefficient (Wildman–Crippen LogP) is 2.98. The average molecular weight is 427 g/mol. The summed E-state index contributed by atoms with van der Waals surface area (Å²) < 4.78 is 22.0. The van der Waals surface area contributed by atoms with Gasteiger partial charge in [-0.2, -0.15) is 0 Å². The van der Waals surface area contributed by atoms with Crippen LogP contribution in [-0.2, 0) is 30.2 Å². The van der Waals surface area contributed by atoms with E-state index in [4.69, 9.17) is 18.9 Å². The van der Waals surface area contributed by atoms with Gasteiger partial charge in [-0.3, -0.25) is 4.90 Å². The summed E-state index contributed by atoms with van der Waals surface area (Å²) in [5, 5.41) is 0. The van der Waals surface area contributed by atoms with Crippen molar-refractivity contribution in [1.29, 1.82) is 0 Å². The molecule has 0 saturated carbocycles. The number of esters is 1. The summed E-state index contributed by atoms with van der Waals surface area (Å²) in [5.41, 5.74) is -2.58. The second kappa shape index (κ2) is 9.46. The molecule has 0 aliphatic carbocycles. The summed E-state index contributed by atoms with van der Waals surface area (Å²) in [7, 11) is 2.62. The third-order valence-corrected chi connectivity index (χ3v) is 3.86. The van der Waals surface area contributed by atoms with Crippen LogP contribution in [0.25, 0.3) is 0 Å². The molecule has 0 unspecified atom stereocenters. The second-order valence-corrected chi connectivity index (χ2v) is 9.02. The SMILES string of the molecule is COCN(C(=O)OC(C)(C)C)[C@@](C)(Cc1cn(C(=O)OC(C)(C)C)cn1)C(=O)OC. The molecule has 0 bridgehead atoms. The fourth-order valence-electron chi connectivity index (χ4n) is 2.56. The molecular weight excluding hydrogens is 394 g/mol. The van der Waals surface area contributed by atoms with Crippen molar-refractivity contribution in [2.45, 2.75) is 71.6 Å². The van der Waals surface area contributed by atoms with Gasteiger partial charge in [-0.1, -0.05) is 0 Å². The zero-order valence-electron chi connectivity index (χ0n) is 19.3. The van der Waals surface area contributed by atoms with E-state index in [2.05, 4.69) is 4.98 Å². The van der Waals surface area contributed by atoms with Crippen LogP contribution in [0.2, 0.25) is 0 Å². The Hall–Kier alpha value is -2.62. The molecule has 0 fully saturated rings. The molecule has 10 heteroatoms. The van der Waals surface area contributed by atoms with Crippen molar-refractivity contribution in [2.75, 3.05) is 21.0 Å². The summed E-state index contributed by atoms with van der Waals surface area (Å²) in [6, 6.07) is 0. The van der Waals surface area contributed by atoms with Gasteiger partial charge in [0.1, 0.15) is 29.8 Å². The van der Waals surface area contributed by atoms with Gasteiger partial charge in [0.15, 0.2) is 0 Å². The quantitative estimate of drug-likeness (QED) is 0.387. The number of amides is 1. The number of carbonyl (C=O) groups is 3. The van der Waals surface area contributed by atoms with Crippen molar-refractivity contribution in [1.82, 2.24) is 14.5 Å². The highest BCUT2D eigenvalue weighted by atomic mass is 16.6. The Bertz CT molecular complexity index is 761. The number of hydrogen-bond acceptors (Lipinski definition) is 8. The lowest BCUT2D eigenvalue weighted by atomic mass is 9.94. The number of imidazole rings is 1. The van der Waals surface area contributed by atoms with Crippen LogP contribution < -0.4 is 0 Å². The first-order valence-corrected chi connectivity index (χ1v) is 9.47. The van der Waals surface area contributed by atoms with Crippen LogP contribution >= 0.6 is 0 Å². The van der Waals surface area contributed by atoms with E-state index in [1.807, 2.05) is 0 Å². The number of nitrogens with zero attached hydrogens (tertiary/aromatic N) is 3. The van der Waals surface area contributed by atoms with Crippen LogP contribution in [0.3, 0.4) is 0 Å². The minimum atomic E-state index is -1.50. The Balaban J connectivity index is 3.23. The molecule has 1 amide bonds. The first-order chi connectivity index (χ1) is 13.6. The summed E-state index contributed by atoms with van der Waals surface area (Å²) >= 11 is 0. The molecule has 10 nitrogen and oxygen atoms in total. The Kier molecular flexibility index (Phi) is 8.02. The van der Waals surface area contributed by atoms with Gasteiger partial charge in [0.05, 0.1) is 12.8 Å². The Morgan fingerprint density at radius 2 is 1.57 bits per heavy atom. The summed E-state index contributed by atoms with van der Waals surface area (Å²) in [4.78, 5) is 43.0. The highest BCUT2D eigenvalue weighted by Gasteiger charge is 2.46. The van der Waals surface area contributed by atoms with Crippen molar-refractivity contribution in [3.63, 3.8) is 0 Å². The van der Waals surface area contributed by atoms with Crippen LogP contribution in [0.1, 0.15) is 54.2 Å². The molecule has 1 aromatic rings. The summed E-state index contributed by atoms with van der Waals surface area (Å²) in [6.07, 6.45) is 1.33. The van der Waals surface area contributed by atoms with E-state index in [-0.39, 0.29) is 13.2 Å². The fraction of sp³-hybridized carbons (Fsp3) is 0.700. The van der Waals surface area contributed by atoms with E-state index < -0.39 is 34.9 Å². The Morgan fingerprint density at radius 1 is 1.00 bits per heavy atom. The Morgan fingerprint density at radius 3 is 2.03 bits per heavy atom. The molecule has 1 atom stereocenters. The minimum absolute atomic E-state index is 0.0436. The molecule has 0 radical (unpaired) electrons. The van der Waals surface area contributed by atoms with Gasteiger partial charge in [0, 0.05) is 19.7 Å². The molecule has 0 aliphatic heterocycles. The first kappa shape index (κ1) is 25.4. The molecular formula is C20H33N3O7. The molecule has 0 aromatic carbocycles. The van der Waals surface area contributed by atoms with Crippen LogP contribution in [0.15, 0.2) is 12.5 Å². The summed E-state index contributed by atoms with van der Waals surface area (Å²) in [5.74, 6) is -0.683. The van der Waals surface area contributed by atoms with Crippen molar-refractivity contribution < 1.29 is 33.3 Å². The standard InChI is InChI=1S/C20H33N3O7/c1-18(2,3)29-16(25)22-11-14(21-12-22)10-20(7,15(24)28-9)23(13-27-8)17(26)30-19(4,5)6/h11-12H,10,13H2,1-9H3/t20-/m0/s1. The maximum atomic E-state index is 12.8. The van der Waals surface area contributed by atoms with Gasteiger partial charge in [0.25, 0.3) is 0 Å². The van der Waals surface area contributed by atoms with Gasteiger partial charge in [-0.05, 0) is 48.5 Å². The van der Waals surface area contributed by atoms with Crippen LogP contribution in [0.4, 0.5) is 9.59 Å². The number of aromatic nitrogens is 2. The lowest BCUT2D eigenvalue weighted by molar-refractivity contribution is -0.157. The van der Waals surface area contributed by atoms with Crippen molar-refractivity contribution in [3.8, 4) is 0 Å². The van der Waals surface area contributed by atoms with Gasteiger partial charge in [0.2, 0.25) is 0 Å². The normalized spacial score (nSPS) is 13.9. The largest absolute Gasteiger partial charge is 0.467 e. The third kappa shape index (κ3) is 7.01. The lowest BCUT2D eigenvalue weighted by Crippen LogP contribution is -2.58. The zero-order valence-corrected chi connectivity index (χ0v) is 19.3. The molecule has 170 valence electrons. The first-order valence-electron chi connectivity index (χ1n) is 9.47. The van der Waals surface area contributed by atoms with E-state index in [0.29, 0.717) is 5.69 Å². The van der Waals surface area contributed by atoms with Gasteiger partial charge < -0.3 is 18.9 Å². The third-order valence-electron chi connectivity index (χ3n) is 3.86. The fourth-order valence-corrected chi connectivity index (χ4v) is 2.56. The van der Waals surface area contributed by atoms with Gasteiger partial charge in [-0.25, -0.2) is 23.9 Å². The monoisotopic (exact) mass is 427 g/mol. The molecule has 1 heterocycles. The molecule has 0 spiro atoms. The molecule has 30 heavy (non-hydrogen) atoms.